The van der Waals surface area contributed by atoms with Crippen molar-refractivity contribution < 1.29 is 18.0 Å². The number of alkyl halides is 3. The summed E-state index contributed by atoms with van der Waals surface area (Å²) in [6.07, 6.45) is 0.659. The predicted octanol–water partition coefficient (Wildman–Crippen LogP) is 7.48. The molecule has 0 spiro atoms. The molecule has 0 aliphatic rings. The number of pyridine rings is 1. The summed E-state index contributed by atoms with van der Waals surface area (Å²) >= 11 is 1.50. The number of anilines is 1. The Morgan fingerprint density at radius 3 is 2.55 bits per heavy atom. The van der Waals surface area contributed by atoms with Crippen LogP contribution < -0.4 is 5.32 Å². The number of amides is 1. The van der Waals surface area contributed by atoms with Gasteiger partial charge in [0.2, 0.25) is 5.91 Å². The third-order valence-electron chi connectivity index (χ3n) is 5.69. The highest BCUT2D eigenvalue weighted by atomic mass is 32.2. The maximum absolute atomic E-state index is 13.2. The molecule has 5 aromatic rings. The van der Waals surface area contributed by atoms with Crippen LogP contribution >= 0.6 is 11.8 Å². The largest absolute Gasteiger partial charge is 0.416 e. The molecule has 0 unspecified atom stereocenters. The number of benzene rings is 3. The lowest BCUT2D eigenvalue weighted by Crippen LogP contribution is -2.17. The van der Waals surface area contributed by atoms with Gasteiger partial charge in [-0.3, -0.25) is 14.9 Å². The van der Waals surface area contributed by atoms with Crippen molar-refractivity contribution in [3.05, 3.63) is 114 Å². The number of aromatic amines is 1. The normalized spacial score (nSPS) is 11.8. The molecular formula is C29H21F3N4OS. The second-order valence-corrected chi connectivity index (χ2v) is 9.56. The lowest BCUT2D eigenvalue weighted by molar-refractivity contribution is -0.138. The van der Waals surface area contributed by atoms with Crippen LogP contribution in [0.15, 0.2) is 101 Å². The summed E-state index contributed by atoms with van der Waals surface area (Å²) in [6.45, 7) is 0. The van der Waals surface area contributed by atoms with Gasteiger partial charge in [0.25, 0.3) is 0 Å². The molecule has 38 heavy (non-hydrogen) atoms. The monoisotopic (exact) mass is 530 g/mol. The lowest BCUT2D eigenvalue weighted by atomic mass is 10.0. The van der Waals surface area contributed by atoms with E-state index in [2.05, 4.69) is 20.5 Å². The minimum absolute atomic E-state index is 0.0647. The fourth-order valence-electron chi connectivity index (χ4n) is 3.95. The van der Waals surface area contributed by atoms with Crippen molar-refractivity contribution >= 4 is 46.4 Å². The van der Waals surface area contributed by atoms with Gasteiger partial charge in [-0.25, -0.2) is 0 Å². The molecule has 0 aliphatic carbocycles. The van der Waals surface area contributed by atoms with Gasteiger partial charge in [-0.2, -0.15) is 18.3 Å². The molecule has 5 nitrogen and oxygen atoms in total. The zero-order chi connectivity index (χ0) is 26.5. The molecular weight excluding hydrogens is 509 g/mol. The van der Waals surface area contributed by atoms with E-state index in [0.717, 1.165) is 38.1 Å². The summed E-state index contributed by atoms with van der Waals surface area (Å²) in [5, 5.41) is 11.1. The molecule has 0 aliphatic heterocycles. The van der Waals surface area contributed by atoms with E-state index < -0.39 is 17.6 Å². The third kappa shape index (κ3) is 6.12. The Morgan fingerprint density at radius 1 is 0.921 bits per heavy atom. The van der Waals surface area contributed by atoms with Crippen molar-refractivity contribution in [2.75, 3.05) is 5.32 Å². The highest BCUT2D eigenvalue weighted by molar-refractivity contribution is 7.99. The Balaban J connectivity index is 1.26. The van der Waals surface area contributed by atoms with E-state index in [4.69, 9.17) is 0 Å². The molecule has 0 atom stereocenters. The van der Waals surface area contributed by atoms with Crippen LogP contribution in [0.2, 0.25) is 0 Å². The van der Waals surface area contributed by atoms with E-state index in [0.29, 0.717) is 5.69 Å². The van der Waals surface area contributed by atoms with Gasteiger partial charge >= 0.3 is 6.18 Å². The molecule has 9 heteroatoms. The summed E-state index contributed by atoms with van der Waals surface area (Å²) in [6, 6.07) is 24.0. The number of nitrogens with zero attached hydrogens (tertiary/aromatic N) is 2. The van der Waals surface area contributed by atoms with Gasteiger partial charge in [0.05, 0.1) is 28.9 Å². The van der Waals surface area contributed by atoms with E-state index >= 15 is 0 Å². The molecule has 0 saturated heterocycles. The molecule has 2 heterocycles. The quantitative estimate of drug-likeness (QED) is 0.229. The van der Waals surface area contributed by atoms with Crippen LogP contribution in [0, 0.1) is 0 Å². The Labute approximate surface area is 220 Å². The van der Waals surface area contributed by atoms with Crippen molar-refractivity contribution in [1.29, 1.82) is 0 Å². The van der Waals surface area contributed by atoms with Crippen LogP contribution in [0.5, 0.6) is 0 Å². The maximum atomic E-state index is 13.2. The van der Waals surface area contributed by atoms with Gasteiger partial charge in [0.1, 0.15) is 0 Å². The summed E-state index contributed by atoms with van der Waals surface area (Å²) in [7, 11) is 0. The summed E-state index contributed by atoms with van der Waals surface area (Å²) in [5.74, 6) is -0.519. The first-order valence-electron chi connectivity index (χ1n) is 11.7. The number of hydrogen-bond acceptors (Lipinski definition) is 4. The van der Waals surface area contributed by atoms with Crippen molar-refractivity contribution in [1.82, 2.24) is 15.2 Å². The van der Waals surface area contributed by atoms with Crippen LogP contribution in [0.25, 0.3) is 23.1 Å². The molecule has 3 aromatic carbocycles. The maximum Gasteiger partial charge on any atom is 0.416 e. The minimum Gasteiger partial charge on any atom is -0.326 e. The van der Waals surface area contributed by atoms with Crippen LogP contribution in [0.3, 0.4) is 0 Å². The third-order valence-corrected chi connectivity index (χ3v) is 6.67. The number of hydrogen-bond donors (Lipinski definition) is 2. The molecule has 1 amide bonds. The Morgan fingerprint density at radius 2 is 1.74 bits per heavy atom. The molecule has 2 N–H and O–H groups in total. The van der Waals surface area contributed by atoms with Gasteiger partial charge in [0.15, 0.2) is 0 Å². The smallest absolute Gasteiger partial charge is 0.326 e. The van der Waals surface area contributed by atoms with Crippen LogP contribution in [-0.4, -0.2) is 21.1 Å². The van der Waals surface area contributed by atoms with Gasteiger partial charge in [0, 0.05) is 27.1 Å². The first kappa shape index (κ1) is 25.3. The highest BCUT2D eigenvalue weighted by Gasteiger charge is 2.33. The molecule has 5 rings (SSSR count). The number of aromatic nitrogens is 3. The average molecular weight is 531 g/mol. The van der Waals surface area contributed by atoms with Crippen molar-refractivity contribution in [3.8, 4) is 0 Å². The van der Waals surface area contributed by atoms with Crippen molar-refractivity contribution in [2.45, 2.75) is 22.4 Å². The van der Waals surface area contributed by atoms with Crippen molar-refractivity contribution in [3.63, 3.8) is 0 Å². The lowest BCUT2D eigenvalue weighted by Gasteiger charge is -2.13. The number of carbonyl (C=O) groups is 1. The van der Waals surface area contributed by atoms with Crippen LogP contribution in [-0.2, 0) is 17.4 Å². The first-order chi connectivity index (χ1) is 18.3. The van der Waals surface area contributed by atoms with Gasteiger partial charge < -0.3 is 5.32 Å². The number of nitrogens with one attached hydrogen (secondary N) is 2. The molecule has 0 bridgehead atoms. The molecule has 0 fully saturated rings. The SMILES string of the molecule is O=C(Cc1ccccc1C(F)(F)F)Nc1cccc(Sc2ccc3c(/C=C/c4ccccn4)n[nH]c3c2)c1. The Kier molecular flexibility index (Phi) is 7.28. The number of H-pyrrole nitrogens is 1. The van der Waals surface area contributed by atoms with E-state index in [9.17, 15) is 18.0 Å². The Bertz CT molecular complexity index is 1610. The highest BCUT2D eigenvalue weighted by Crippen LogP contribution is 2.33. The molecule has 190 valence electrons. The molecule has 0 saturated carbocycles. The molecule has 2 aromatic heterocycles. The second-order valence-electron chi connectivity index (χ2n) is 8.41. The van der Waals surface area contributed by atoms with Gasteiger partial charge in [-0.1, -0.05) is 42.1 Å². The molecule has 0 radical (unpaired) electrons. The van der Waals surface area contributed by atoms with E-state index in [-0.39, 0.29) is 12.0 Å². The predicted molar refractivity (Wildman–Crippen MR) is 144 cm³/mol. The number of halogens is 3. The minimum atomic E-state index is -4.51. The number of carbonyl (C=O) groups excluding carboxylic acids is 1. The zero-order valence-electron chi connectivity index (χ0n) is 19.9. The number of rotatable bonds is 7. The first-order valence-corrected chi connectivity index (χ1v) is 12.5. The summed E-state index contributed by atoms with van der Waals surface area (Å²) in [5.41, 5.74) is 2.16. The average Bonchev–Trinajstić information content (AvgIpc) is 3.30. The zero-order valence-corrected chi connectivity index (χ0v) is 20.7. The second kappa shape index (κ2) is 10.9. The number of fused-ring (bicyclic) bond motifs is 1. The van der Waals surface area contributed by atoms with Gasteiger partial charge in [-0.05, 0) is 72.3 Å². The van der Waals surface area contributed by atoms with Crippen LogP contribution in [0.1, 0.15) is 22.5 Å². The summed E-state index contributed by atoms with van der Waals surface area (Å²) in [4.78, 5) is 18.6. The Hall–Kier alpha value is -4.37. The topological polar surface area (TPSA) is 70.7 Å². The van der Waals surface area contributed by atoms with E-state index in [1.165, 1.54) is 30.0 Å². The standard InChI is InChI=1S/C29H21F3N4OS/c30-29(31,32)25-10-2-1-6-19(25)16-28(37)34-21-8-5-9-22(17-21)38-23-12-13-24-26(35-36-27(24)18-23)14-11-20-7-3-4-15-33-20/h1-15,17-18H,16H2,(H,34,37)(H,35,36)/b14-11+. The van der Waals surface area contributed by atoms with E-state index in [1.807, 2.05) is 54.6 Å². The fraction of sp³-hybridized carbons (Fsp3) is 0.0690. The van der Waals surface area contributed by atoms with Gasteiger partial charge in [-0.15, -0.1) is 0 Å². The van der Waals surface area contributed by atoms with E-state index in [1.54, 1.807) is 24.4 Å². The fourth-order valence-corrected chi connectivity index (χ4v) is 4.87. The summed E-state index contributed by atoms with van der Waals surface area (Å²) < 4.78 is 39.7. The van der Waals surface area contributed by atoms with Crippen LogP contribution in [0.4, 0.5) is 18.9 Å². The van der Waals surface area contributed by atoms with Crippen molar-refractivity contribution in [2.24, 2.45) is 0 Å².